The molecule has 0 saturated carbocycles. The molecule has 2 heterocycles. The summed E-state index contributed by atoms with van der Waals surface area (Å²) in [7, 11) is 0. The van der Waals surface area contributed by atoms with Gasteiger partial charge in [-0.1, -0.05) is 0 Å². The van der Waals surface area contributed by atoms with Crippen LogP contribution in [0.15, 0.2) is 35.1 Å². The number of rotatable bonds is 2. The zero-order valence-corrected chi connectivity index (χ0v) is 12.3. The van der Waals surface area contributed by atoms with Gasteiger partial charge in [-0.3, -0.25) is 4.79 Å². The van der Waals surface area contributed by atoms with E-state index in [1.54, 1.807) is 13.0 Å². The Morgan fingerprint density at radius 2 is 2.00 bits per heavy atom. The maximum absolute atomic E-state index is 12.8. The Labute approximate surface area is 132 Å². The Kier molecular flexibility index (Phi) is 3.47. The lowest BCUT2D eigenvalue weighted by Crippen LogP contribution is -2.13. The number of H-pyrrole nitrogens is 1. The molecule has 0 amide bonds. The van der Waals surface area contributed by atoms with Gasteiger partial charge in [-0.2, -0.15) is 13.2 Å². The van der Waals surface area contributed by atoms with Crippen molar-refractivity contribution in [2.75, 3.05) is 0 Å². The number of carboxylic acids is 1. The Bertz CT molecular complexity index is 1060. The van der Waals surface area contributed by atoms with E-state index in [-0.39, 0.29) is 11.0 Å². The number of fused-ring (bicyclic) bond motifs is 3. The largest absolute Gasteiger partial charge is 0.478 e. The summed E-state index contributed by atoms with van der Waals surface area (Å²) in [6.07, 6.45) is -2.34. The van der Waals surface area contributed by atoms with Crippen molar-refractivity contribution in [3.8, 4) is 0 Å². The molecule has 124 valence electrons. The molecule has 0 aliphatic carbocycles. The van der Waals surface area contributed by atoms with E-state index in [0.29, 0.717) is 16.8 Å². The third kappa shape index (κ3) is 2.55. The summed E-state index contributed by atoms with van der Waals surface area (Å²) in [5, 5.41) is 8.76. The number of nitrogens with zero attached hydrogens (tertiary/aromatic N) is 1. The zero-order valence-electron chi connectivity index (χ0n) is 12.3. The second kappa shape index (κ2) is 5.26. The van der Waals surface area contributed by atoms with Gasteiger partial charge in [0.15, 0.2) is 0 Å². The third-order valence-electron chi connectivity index (χ3n) is 3.64. The van der Waals surface area contributed by atoms with Crippen molar-refractivity contribution in [2.45, 2.75) is 13.1 Å². The highest BCUT2D eigenvalue weighted by atomic mass is 19.4. The average Bonchev–Trinajstić information content (AvgIpc) is 2.81. The van der Waals surface area contributed by atoms with Gasteiger partial charge in [-0.15, -0.1) is 0 Å². The van der Waals surface area contributed by atoms with E-state index >= 15 is 0 Å². The Morgan fingerprint density at radius 1 is 1.29 bits per heavy atom. The first-order valence-corrected chi connectivity index (χ1v) is 6.85. The van der Waals surface area contributed by atoms with Gasteiger partial charge in [0.2, 0.25) is 0 Å². The van der Waals surface area contributed by atoms with Gasteiger partial charge < -0.3 is 14.5 Å². The molecule has 0 unspecified atom stereocenters. The number of aryl methyl sites for hydroxylation is 1. The number of aromatic amines is 1. The fourth-order valence-electron chi connectivity index (χ4n) is 2.67. The highest BCUT2D eigenvalue weighted by Crippen LogP contribution is 2.31. The molecule has 24 heavy (non-hydrogen) atoms. The fraction of sp³-hybridized carbons (Fsp3) is 0.125. The van der Waals surface area contributed by atoms with Gasteiger partial charge in [-0.05, 0) is 42.8 Å². The standard InChI is InChI=1S/C16H11F3N2O3/c1-8-6-10(3-5-13(22)23)21-12-4-2-9(16(17,18)19)7-11(12)20-15(24)14(8)21/h2-7H,1H3,(H,20,24)(H,22,23)/b5-3+. The molecule has 3 rings (SSSR count). The van der Waals surface area contributed by atoms with Gasteiger partial charge in [0.1, 0.15) is 5.52 Å². The minimum Gasteiger partial charge on any atom is -0.478 e. The first-order valence-electron chi connectivity index (χ1n) is 6.85. The summed E-state index contributed by atoms with van der Waals surface area (Å²) in [5.74, 6) is -1.17. The molecule has 0 aliphatic rings. The second-order valence-corrected chi connectivity index (χ2v) is 5.29. The summed E-state index contributed by atoms with van der Waals surface area (Å²) in [6.45, 7) is 1.67. The van der Waals surface area contributed by atoms with Crippen molar-refractivity contribution in [1.29, 1.82) is 0 Å². The van der Waals surface area contributed by atoms with Crippen LogP contribution >= 0.6 is 0 Å². The molecule has 0 atom stereocenters. The Morgan fingerprint density at radius 3 is 2.62 bits per heavy atom. The lowest BCUT2D eigenvalue weighted by atomic mass is 10.2. The van der Waals surface area contributed by atoms with E-state index in [2.05, 4.69) is 4.98 Å². The van der Waals surface area contributed by atoms with E-state index in [4.69, 9.17) is 5.11 Å². The number of hydrogen-bond acceptors (Lipinski definition) is 2. The smallest absolute Gasteiger partial charge is 0.416 e. The minimum atomic E-state index is -4.53. The first-order chi connectivity index (χ1) is 11.2. The summed E-state index contributed by atoms with van der Waals surface area (Å²) in [4.78, 5) is 25.4. The molecule has 0 fully saturated rings. The maximum Gasteiger partial charge on any atom is 0.416 e. The van der Waals surface area contributed by atoms with Crippen LogP contribution in [0, 0.1) is 6.92 Å². The van der Waals surface area contributed by atoms with E-state index in [0.717, 1.165) is 18.2 Å². The van der Waals surface area contributed by atoms with Gasteiger partial charge in [0, 0.05) is 11.8 Å². The normalized spacial score (nSPS) is 12.5. The first kappa shape index (κ1) is 15.9. The number of carbonyl (C=O) groups is 1. The third-order valence-corrected chi connectivity index (χ3v) is 3.64. The van der Waals surface area contributed by atoms with Crippen molar-refractivity contribution in [3.05, 3.63) is 57.5 Å². The van der Waals surface area contributed by atoms with Crippen molar-refractivity contribution in [1.82, 2.24) is 9.38 Å². The van der Waals surface area contributed by atoms with E-state index in [9.17, 15) is 22.8 Å². The average molecular weight is 336 g/mol. The molecule has 0 spiro atoms. The number of hydrogen-bond donors (Lipinski definition) is 2. The molecule has 0 aliphatic heterocycles. The number of aliphatic carboxylic acids is 1. The van der Waals surface area contributed by atoms with Crippen LogP contribution in [0.3, 0.4) is 0 Å². The molecule has 0 bridgehead atoms. The molecule has 3 aromatic rings. The SMILES string of the molecule is Cc1cc(/C=C/C(=O)O)n2c1c(=O)[nH]c1cc(C(F)(F)F)ccc12. The zero-order chi connectivity index (χ0) is 17.6. The second-order valence-electron chi connectivity index (χ2n) is 5.29. The van der Waals surface area contributed by atoms with Gasteiger partial charge in [0.25, 0.3) is 5.56 Å². The fourth-order valence-corrected chi connectivity index (χ4v) is 2.67. The van der Waals surface area contributed by atoms with Crippen LogP contribution in [0.4, 0.5) is 13.2 Å². The van der Waals surface area contributed by atoms with Gasteiger partial charge in [0.05, 0.1) is 16.6 Å². The van der Waals surface area contributed by atoms with Crippen LogP contribution in [-0.2, 0) is 11.0 Å². The van der Waals surface area contributed by atoms with Crippen molar-refractivity contribution >= 4 is 28.6 Å². The monoisotopic (exact) mass is 336 g/mol. The maximum atomic E-state index is 12.8. The highest BCUT2D eigenvalue weighted by molar-refractivity contribution is 5.87. The number of aromatic nitrogens is 2. The van der Waals surface area contributed by atoms with E-state index < -0.39 is 23.3 Å². The Hall–Kier alpha value is -3.03. The molecule has 1 aromatic carbocycles. The summed E-state index contributed by atoms with van der Waals surface area (Å²) < 4.78 is 40.0. The lowest BCUT2D eigenvalue weighted by molar-refractivity contribution is -0.137. The summed E-state index contributed by atoms with van der Waals surface area (Å²) in [5.41, 5.74) is 0.167. The van der Waals surface area contributed by atoms with Crippen LogP contribution in [0.25, 0.3) is 22.6 Å². The van der Waals surface area contributed by atoms with Crippen molar-refractivity contribution in [3.63, 3.8) is 0 Å². The predicted molar refractivity (Wildman–Crippen MR) is 81.9 cm³/mol. The number of carboxylic acid groups (broad SMARTS) is 1. The summed E-state index contributed by atoms with van der Waals surface area (Å²) >= 11 is 0. The molecular weight excluding hydrogens is 325 g/mol. The molecule has 0 radical (unpaired) electrons. The molecule has 8 heteroatoms. The molecule has 2 aromatic heterocycles. The number of benzene rings is 1. The van der Waals surface area contributed by atoms with Crippen LogP contribution in [0.5, 0.6) is 0 Å². The Balaban J connectivity index is 2.41. The summed E-state index contributed by atoms with van der Waals surface area (Å²) in [6, 6.07) is 4.62. The number of halogens is 3. The lowest BCUT2D eigenvalue weighted by Gasteiger charge is -2.10. The number of nitrogens with one attached hydrogen (secondary N) is 1. The molecular formula is C16H11F3N2O3. The predicted octanol–water partition coefficient (Wildman–Crippen LogP) is 3.21. The molecule has 2 N–H and O–H groups in total. The number of alkyl halides is 3. The molecule has 5 nitrogen and oxygen atoms in total. The van der Waals surface area contributed by atoms with Crippen LogP contribution < -0.4 is 5.56 Å². The van der Waals surface area contributed by atoms with Gasteiger partial charge in [-0.25, -0.2) is 4.79 Å². The molecule has 0 saturated heterocycles. The van der Waals surface area contributed by atoms with Crippen LogP contribution in [0.2, 0.25) is 0 Å². The van der Waals surface area contributed by atoms with Crippen molar-refractivity contribution in [2.24, 2.45) is 0 Å². The van der Waals surface area contributed by atoms with E-state index in [1.807, 2.05) is 0 Å². The van der Waals surface area contributed by atoms with Crippen molar-refractivity contribution < 1.29 is 23.1 Å². The van der Waals surface area contributed by atoms with Crippen LogP contribution in [-0.4, -0.2) is 20.5 Å². The van der Waals surface area contributed by atoms with E-state index in [1.165, 1.54) is 16.5 Å². The minimum absolute atomic E-state index is 0.0166. The van der Waals surface area contributed by atoms with Crippen LogP contribution in [0.1, 0.15) is 16.8 Å². The topological polar surface area (TPSA) is 74.6 Å². The highest BCUT2D eigenvalue weighted by Gasteiger charge is 2.30. The quantitative estimate of drug-likeness (QED) is 0.706. The van der Waals surface area contributed by atoms with Gasteiger partial charge >= 0.3 is 12.1 Å².